The highest BCUT2D eigenvalue weighted by molar-refractivity contribution is 7.13. The third kappa shape index (κ3) is 4.64. The summed E-state index contributed by atoms with van der Waals surface area (Å²) in [5.74, 6) is 0.694. The second-order valence-electron chi connectivity index (χ2n) is 10.4. The minimum atomic E-state index is -0.909. The first kappa shape index (κ1) is 24.8. The molecular weight excluding hydrogens is 508 g/mol. The highest BCUT2D eigenvalue weighted by atomic mass is 35.5. The van der Waals surface area contributed by atoms with Crippen LogP contribution in [0.5, 0.6) is 0 Å². The van der Waals surface area contributed by atoms with Gasteiger partial charge >= 0.3 is 0 Å². The van der Waals surface area contributed by atoms with Crippen LogP contribution < -0.4 is 5.73 Å². The van der Waals surface area contributed by atoms with Crippen LogP contribution in [0, 0.1) is 11.8 Å². The van der Waals surface area contributed by atoms with Gasteiger partial charge in [-0.2, -0.15) is 4.98 Å². The van der Waals surface area contributed by atoms with Crippen molar-refractivity contribution in [3.8, 4) is 10.6 Å². The normalized spacial score (nSPS) is 25.3. The second-order valence-corrected chi connectivity index (χ2v) is 11.6. The van der Waals surface area contributed by atoms with Gasteiger partial charge in [-0.1, -0.05) is 30.3 Å². The lowest BCUT2D eigenvalue weighted by molar-refractivity contribution is -0.0112. The van der Waals surface area contributed by atoms with E-state index in [9.17, 15) is 10.2 Å². The van der Waals surface area contributed by atoms with Crippen LogP contribution in [0.2, 0.25) is 5.28 Å². The average Bonchev–Trinajstić information content (AvgIpc) is 3.57. The van der Waals surface area contributed by atoms with E-state index in [0.717, 1.165) is 48.6 Å². The summed E-state index contributed by atoms with van der Waals surface area (Å²) in [7, 11) is 2.13. The van der Waals surface area contributed by atoms with Crippen molar-refractivity contribution in [3.05, 3.63) is 58.4 Å². The van der Waals surface area contributed by atoms with E-state index in [1.54, 1.807) is 11.3 Å². The van der Waals surface area contributed by atoms with Crippen LogP contribution in [0.15, 0.2) is 41.9 Å². The van der Waals surface area contributed by atoms with Crippen molar-refractivity contribution in [3.63, 3.8) is 0 Å². The summed E-state index contributed by atoms with van der Waals surface area (Å²) in [6.45, 7) is 2.03. The number of benzene rings is 1. The maximum Gasteiger partial charge on any atom is 0.226 e. The van der Waals surface area contributed by atoms with E-state index < -0.39 is 12.2 Å². The number of hydrogen-bond donors (Lipinski definition) is 3. The van der Waals surface area contributed by atoms with E-state index >= 15 is 0 Å². The molecular formula is C27H31ClN6O2S. The molecule has 1 saturated carbocycles. The van der Waals surface area contributed by atoms with E-state index in [0.29, 0.717) is 23.4 Å². The molecule has 8 nitrogen and oxygen atoms in total. The molecule has 0 unspecified atom stereocenters. The van der Waals surface area contributed by atoms with Crippen LogP contribution >= 0.6 is 22.9 Å². The molecule has 0 spiro atoms. The molecule has 1 saturated heterocycles. The topological polar surface area (TPSA) is 113 Å². The fourth-order valence-electron chi connectivity index (χ4n) is 6.12. The Bertz CT molecular complexity index is 1400. The standard InChI is InChI=1S/C27H31ClN6O2S/c1-33-9-7-16(8-10-33)18-12-20(23(36)22(18)35)34-13-19(21-24(29)31-27(28)32-25(21)34)26-30-17(14-37-26)11-15-5-3-2-4-6-15/h2-6,13-14,16,18,20,22-23,35-36H,7-12H2,1H3,(H2,29,31,32)/t18-,20-,22-,23+/m1/s1. The smallest absolute Gasteiger partial charge is 0.226 e. The number of anilines is 1. The van der Waals surface area contributed by atoms with Gasteiger partial charge in [-0.25, -0.2) is 9.97 Å². The Morgan fingerprint density at radius 1 is 1.08 bits per heavy atom. The highest BCUT2D eigenvalue weighted by Crippen LogP contribution is 2.45. The molecule has 2 aliphatic rings. The third-order valence-electron chi connectivity index (χ3n) is 8.11. The summed E-state index contributed by atoms with van der Waals surface area (Å²) in [6, 6.07) is 9.89. The Morgan fingerprint density at radius 3 is 2.59 bits per heavy atom. The minimum Gasteiger partial charge on any atom is -0.390 e. The number of thiazole rings is 1. The Labute approximate surface area is 224 Å². The molecule has 0 amide bonds. The number of piperidine rings is 1. The van der Waals surface area contributed by atoms with Gasteiger partial charge in [0.1, 0.15) is 22.6 Å². The van der Waals surface area contributed by atoms with Crippen molar-refractivity contribution < 1.29 is 10.2 Å². The molecule has 1 aliphatic carbocycles. The number of aliphatic hydroxyl groups is 2. The Kier molecular flexibility index (Phi) is 6.66. The zero-order valence-electron chi connectivity index (χ0n) is 20.7. The molecule has 1 aliphatic heterocycles. The third-order valence-corrected chi connectivity index (χ3v) is 9.20. The summed E-state index contributed by atoms with van der Waals surface area (Å²) < 4.78 is 1.94. The Balaban J connectivity index is 1.36. The van der Waals surface area contributed by atoms with Crippen LogP contribution in [0.3, 0.4) is 0 Å². The van der Waals surface area contributed by atoms with E-state index in [1.165, 1.54) is 5.56 Å². The maximum absolute atomic E-state index is 11.2. The van der Waals surface area contributed by atoms with Crippen LogP contribution in [0.25, 0.3) is 21.6 Å². The van der Waals surface area contributed by atoms with E-state index in [2.05, 4.69) is 39.4 Å². The van der Waals surface area contributed by atoms with Gasteiger partial charge in [0, 0.05) is 23.6 Å². The van der Waals surface area contributed by atoms with Crippen LogP contribution in [0.1, 0.15) is 36.6 Å². The first-order chi connectivity index (χ1) is 17.9. The quantitative estimate of drug-likeness (QED) is 0.329. The molecule has 1 aromatic carbocycles. The first-order valence-electron chi connectivity index (χ1n) is 12.8. The number of fused-ring (bicyclic) bond motifs is 1. The van der Waals surface area contributed by atoms with Crippen molar-refractivity contribution >= 4 is 39.8 Å². The molecule has 194 valence electrons. The summed E-state index contributed by atoms with van der Waals surface area (Å²) in [4.78, 5) is 16.0. The van der Waals surface area contributed by atoms with Gasteiger partial charge in [0.15, 0.2) is 0 Å². The van der Waals surface area contributed by atoms with Gasteiger partial charge in [-0.3, -0.25) is 0 Å². The minimum absolute atomic E-state index is 0.0293. The number of nitrogen functional groups attached to an aromatic ring is 1. The molecule has 4 N–H and O–H groups in total. The molecule has 37 heavy (non-hydrogen) atoms. The van der Waals surface area contributed by atoms with E-state index in [1.807, 2.05) is 29.0 Å². The lowest BCUT2D eigenvalue weighted by atomic mass is 9.82. The number of likely N-dealkylation sites (tertiary alicyclic amines) is 1. The predicted molar refractivity (Wildman–Crippen MR) is 147 cm³/mol. The molecule has 0 radical (unpaired) electrons. The lowest BCUT2D eigenvalue weighted by Gasteiger charge is -2.34. The fraction of sp³-hybridized carbons (Fsp3) is 0.444. The lowest BCUT2D eigenvalue weighted by Crippen LogP contribution is -2.37. The predicted octanol–water partition coefficient (Wildman–Crippen LogP) is 4.01. The SMILES string of the molecule is CN1CCC([C@H]2C[C@@H](n3cc(-c4nc(Cc5ccccc5)cs4)c4c(N)nc(Cl)nc43)[C@H](O)[C@@H]2O)CC1. The number of nitrogens with zero attached hydrogens (tertiary/aromatic N) is 5. The summed E-state index contributed by atoms with van der Waals surface area (Å²) >= 11 is 7.78. The van der Waals surface area contributed by atoms with Crippen LogP contribution in [-0.2, 0) is 6.42 Å². The number of rotatable bonds is 5. The van der Waals surface area contributed by atoms with Gasteiger partial charge in [-0.05, 0) is 68.4 Å². The monoisotopic (exact) mass is 538 g/mol. The number of aromatic nitrogens is 4. The summed E-state index contributed by atoms with van der Waals surface area (Å²) in [5.41, 5.74) is 9.91. The van der Waals surface area contributed by atoms with Gasteiger partial charge in [0.05, 0.1) is 23.2 Å². The van der Waals surface area contributed by atoms with Crippen molar-refractivity contribution in [1.82, 2.24) is 24.4 Å². The molecule has 2 fully saturated rings. The summed E-state index contributed by atoms with van der Waals surface area (Å²) in [6.07, 6.45) is 3.71. The fourth-order valence-corrected chi connectivity index (χ4v) is 7.13. The van der Waals surface area contributed by atoms with Crippen LogP contribution in [-0.4, -0.2) is 67.0 Å². The second kappa shape index (κ2) is 9.96. The Morgan fingerprint density at radius 2 is 1.84 bits per heavy atom. The van der Waals surface area contributed by atoms with Gasteiger partial charge in [-0.15, -0.1) is 11.3 Å². The first-order valence-corrected chi connectivity index (χ1v) is 14.0. The van der Waals surface area contributed by atoms with Gasteiger partial charge < -0.3 is 25.4 Å². The zero-order valence-corrected chi connectivity index (χ0v) is 22.2. The molecule has 6 rings (SSSR count). The van der Waals surface area contributed by atoms with E-state index in [-0.39, 0.29) is 23.1 Å². The number of nitrogens with two attached hydrogens (primary N) is 1. The molecule has 4 heterocycles. The maximum atomic E-state index is 11.2. The number of hydrogen-bond acceptors (Lipinski definition) is 8. The molecule has 0 bridgehead atoms. The number of halogens is 1. The average molecular weight is 539 g/mol. The molecule has 4 aromatic rings. The molecule has 4 atom stereocenters. The summed E-state index contributed by atoms with van der Waals surface area (Å²) in [5, 5.41) is 25.9. The highest BCUT2D eigenvalue weighted by Gasteiger charge is 2.46. The van der Waals surface area contributed by atoms with Gasteiger partial charge in [0.2, 0.25) is 5.28 Å². The Hall–Kier alpha value is -2.56. The molecule has 10 heteroatoms. The number of aliphatic hydroxyl groups excluding tert-OH is 2. The van der Waals surface area contributed by atoms with Crippen molar-refractivity contribution in [2.45, 2.75) is 43.9 Å². The van der Waals surface area contributed by atoms with Crippen molar-refractivity contribution in [2.75, 3.05) is 25.9 Å². The van der Waals surface area contributed by atoms with E-state index in [4.69, 9.17) is 22.3 Å². The van der Waals surface area contributed by atoms with Crippen LogP contribution in [0.4, 0.5) is 5.82 Å². The van der Waals surface area contributed by atoms with Gasteiger partial charge in [0.25, 0.3) is 0 Å². The molecule has 3 aromatic heterocycles. The van der Waals surface area contributed by atoms with Crippen molar-refractivity contribution in [1.29, 1.82) is 0 Å². The van der Waals surface area contributed by atoms with Crippen molar-refractivity contribution in [2.24, 2.45) is 11.8 Å². The largest absolute Gasteiger partial charge is 0.390 e. The zero-order chi connectivity index (χ0) is 25.7.